The van der Waals surface area contributed by atoms with Gasteiger partial charge in [-0.05, 0) is 43.2 Å². The van der Waals surface area contributed by atoms with Crippen LogP contribution in [0.2, 0.25) is 0 Å². The zero-order valence-electron chi connectivity index (χ0n) is 18.6. The topological polar surface area (TPSA) is 94.8 Å². The van der Waals surface area contributed by atoms with Crippen LogP contribution in [0, 0.1) is 0 Å². The fourth-order valence-electron chi connectivity index (χ4n) is 4.17. The van der Waals surface area contributed by atoms with Gasteiger partial charge in [-0.2, -0.15) is 0 Å². The summed E-state index contributed by atoms with van der Waals surface area (Å²) in [6.07, 6.45) is 1.49. The Bertz CT molecular complexity index is 1170. The Balaban J connectivity index is 2.04. The number of aromatic hydroxyl groups is 1. The number of para-hydroxylation sites is 2. The molecule has 1 aliphatic rings. The molecule has 0 spiro atoms. The fraction of sp³-hybridized carbons (Fsp3) is 0.333. The fourth-order valence-corrected chi connectivity index (χ4v) is 4.17. The van der Waals surface area contributed by atoms with Gasteiger partial charge in [-0.1, -0.05) is 25.5 Å². The number of hydrogen-bond donors (Lipinski definition) is 2. The van der Waals surface area contributed by atoms with E-state index in [0.29, 0.717) is 23.5 Å². The molecule has 0 bridgehead atoms. The molecule has 8 nitrogen and oxygen atoms in total. The first-order valence-corrected chi connectivity index (χ1v) is 10.6. The Morgan fingerprint density at radius 1 is 1.16 bits per heavy atom. The average Bonchev–Trinajstić information content (AvgIpc) is 3.17. The van der Waals surface area contributed by atoms with Crippen LogP contribution in [0.1, 0.15) is 38.3 Å². The molecule has 1 atom stereocenters. The zero-order chi connectivity index (χ0) is 22.8. The number of phenolic OH excluding ortho intramolecular Hbond substituents is 1. The van der Waals surface area contributed by atoms with Gasteiger partial charge in [0.05, 0.1) is 43.5 Å². The van der Waals surface area contributed by atoms with E-state index in [1.54, 1.807) is 19.1 Å². The second-order valence-electron chi connectivity index (χ2n) is 7.46. The third-order valence-corrected chi connectivity index (χ3v) is 5.53. The number of phenols is 1. The molecule has 168 valence electrons. The number of hydrogen-bond acceptors (Lipinski definition) is 7. The molecule has 0 radical (unpaired) electrons. The summed E-state index contributed by atoms with van der Waals surface area (Å²) in [6, 6.07) is 10.6. The minimum absolute atomic E-state index is 0.0983. The first-order chi connectivity index (χ1) is 15.5. The number of rotatable bonds is 7. The Morgan fingerprint density at radius 2 is 1.84 bits per heavy atom. The van der Waals surface area contributed by atoms with Crippen LogP contribution >= 0.6 is 0 Å². The van der Waals surface area contributed by atoms with E-state index in [1.165, 1.54) is 14.2 Å². The molecule has 2 heterocycles. The van der Waals surface area contributed by atoms with Gasteiger partial charge >= 0.3 is 5.97 Å². The zero-order valence-corrected chi connectivity index (χ0v) is 18.6. The Labute approximate surface area is 186 Å². The monoisotopic (exact) mass is 437 g/mol. The Kier molecular flexibility index (Phi) is 5.94. The summed E-state index contributed by atoms with van der Waals surface area (Å²) >= 11 is 0. The van der Waals surface area contributed by atoms with E-state index >= 15 is 0 Å². The molecule has 32 heavy (non-hydrogen) atoms. The summed E-state index contributed by atoms with van der Waals surface area (Å²) in [4.78, 5) is 18.0. The van der Waals surface area contributed by atoms with Crippen LogP contribution in [0.15, 0.2) is 47.7 Å². The number of methoxy groups -OCH3 is 2. The van der Waals surface area contributed by atoms with Crippen molar-refractivity contribution in [1.29, 1.82) is 0 Å². The number of nitrogens with zero attached hydrogens (tertiary/aromatic N) is 2. The minimum Gasteiger partial charge on any atom is -0.502 e. The van der Waals surface area contributed by atoms with Crippen molar-refractivity contribution < 1.29 is 24.1 Å². The predicted octanol–water partition coefficient (Wildman–Crippen LogP) is 4.39. The van der Waals surface area contributed by atoms with Crippen LogP contribution in [0.3, 0.4) is 0 Å². The smallest absolute Gasteiger partial charge is 0.338 e. The molecule has 0 saturated carbocycles. The number of allylic oxidation sites excluding steroid dienone is 1. The quantitative estimate of drug-likeness (QED) is 0.529. The van der Waals surface area contributed by atoms with E-state index in [2.05, 4.69) is 12.2 Å². The third kappa shape index (κ3) is 3.51. The van der Waals surface area contributed by atoms with Crippen molar-refractivity contribution in [2.45, 2.75) is 32.7 Å². The summed E-state index contributed by atoms with van der Waals surface area (Å²) in [5, 5.41) is 13.8. The number of carbonyl (C=O) groups is 1. The highest BCUT2D eigenvalue weighted by atomic mass is 16.5. The largest absolute Gasteiger partial charge is 0.502 e. The number of imidazole rings is 1. The predicted molar refractivity (Wildman–Crippen MR) is 121 cm³/mol. The van der Waals surface area contributed by atoms with Crippen LogP contribution in [-0.4, -0.2) is 41.5 Å². The number of nitrogens with one attached hydrogen (secondary N) is 1. The van der Waals surface area contributed by atoms with Crippen LogP contribution in [0.4, 0.5) is 5.95 Å². The summed E-state index contributed by atoms with van der Waals surface area (Å²) in [5.41, 5.74) is 3.64. The van der Waals surface area contributed by atoms with Crippen molar-refractivity contribution in [1.82, 2.24) is 9.55 Å². The molecular weight excluding hydrogens is 410 g/mol. The number of aromatic nitrogens is 2. The summed E-state index contributed by atoms with van der Waals surface area (Å²) in [7, 11) is 2.95. The molecule has 3 aromatic rings. The highest BCUT2D eigenvalue weighted by Crippen LogP contribution is 2.45. The third-order valence-electron chi connectivity index (χ3n) is 5.53. The normalized spacial score (nSPS) is 15.3. The van der Waals surface area contributed by atoms with E-state index in [4.69, 9.17) is 19.2 Å². The number of benzene rings is 2. The maximum absolute atomic E-state index is 13.2. The molecule has 1 aromatic heterocycles. The highest BCUT2D eigenvalue weighted by molar-refractivity contribution is 5.94. The summed E-state index contributed by atoms with van der Waals surface area (Å²) in [6.45, 7) is 4.10. The molecule has 4 rings (SSSR count). The standard InChI is InChI=1S/C24H27N3O5/c1-5-9-16-20(23(29)32-6-2)21(14-12-18(30-3)22(28)19(13-14)31-4)27-17-11-8-7-10-15(17)25-24(27)26-16/h7-8,10-13,21,28H,5-6,9H2,1-4H3,(H,25,26). The van der Waals surface area contributed by atoms with Gasteiger partial charge in [0.25, 0.3) is 0 Å². The van der Waals surface area contributed by atoms with Crippen molar-refractivity contribution in [3.8, 4) is 17.2 Å². The number of esters is 1. The number of ether oxygens (including phenoxy) is 3. The van der Waals surface area contributed by atoms with Gasteiger partial charge in [0, 0.05) is 5.70 Å². The molecule has 0 aliphatic carbocycles. The molecule has 0 amide bonds. The van der Waals surface area contributed by atoms with E-state index in [-0.39, 0.29) is 23.9 Å². The van der Waals surface area contributed by atoms with Crippen molar-refractivity contribution in [2.75, 3.05) is 26.1 Å². The molecule has 2 aromatic carbocycles. The van der Waals surface area contributed by atoms with E-state index in [1.807, 2.05) is 28.8 Å². The molecule has 1 unspecified atom stereocenters. The first-order valence-electron chi connectivity index (χ1n) is 10.6. The molecule has 2 N–H and O–H groups in total. The van der Waals surface area contributed by atoms with Crippen molar-refractivity contribution >= 4 is 23.0 Å². The number of carbonyl (C=O) groups excluding carboxylic acids is 1. The lowest BCUT2D eigenvalue weighted by Crippen LogP contribution is -2.29. The lowest BCUT2D eigenvalue weighted by molar-refractivity contribution is -0.139. The number of anilines is 1. The molecule has 0 saturated heterocycles. The van der Waals surface area contributed by atoms with Crippen LogP contribution < -0.4 is 14.8 Å². The second-order valence-corrected chi connectivity index (χ2v) is 7.46. The van der Waals surface area contributed by atoms with Crippen molar-refractivity contribution in [3.63, 3.8) is 0 Å². The Morgan fingerprint density at radius 3 is 2.47 bits per heavy atom. The van der Waals surface area contributed by atoms with E-state index in [0.717, 1.165) is 23.2 Å². The van der Waals surface area contributed by atoms with E-state index in [9.17, 15) is 9.90 Å². The molecule has 8 heteroatoms. The second kappa shape index (κ2) is 8.82. The minimum atomic E-state index is -0.553. The van der Waals surface area contributed by atoms with Gasteiger partial charge in [-0.3, -0.25) is 4.57 Å². The lowest BCUT2D eigenvalue weighted by Gasteiger charge is -2.31. The van der Waals surface area contributed by atoms with Crippen LogP contribution in [-0.2, 0) is 9.53 Å². The highest BCUT2D eigenvalue weighted by Gasteiger charge is 2.36. The SMILES string of the molecule is CCCC1=C(C(=O)OCC)C(c2cc(OC)c(O)c(OC)c2)n2c(nc3ccccc32)N1. The van der Waals surface area contributed by atoms with Gasteiger partial charge in [0.15, 0.2) is 11.5 Å². The van der Waals surface area contributed by atoms with Gasteiger partial charge in [0.1, 0.15) is 0 Å². The average molecular weight is 437 g/mol. The molecule has 0 fully saturated rings. The van der Waals surface area contributed by atoms with Crippen LogP contribution in [0.25, 0.3) is 11.0 Å². The van der Waals surface area contributed by atoms with Gasteiger partial charge in [0.2, 0.25) is 11.7 Å². The van der Waals surface area contributed by atoms with Gasteiger partial charge in [-0.25, -0.2) is 9.78 Å². The molecular formula is C24H27N3O5. The summed E-state index contributed by atoms with van der Waals surface area (Å²) < 4.78 is 18.2. The van der Waals surface area contributed by atoms with E-state index < -0.39 is 12.0 Å². The lowest BCUT2D eigenvalue weighted by atomic mass is 9.92. The van der Waals surface area contributed by atoms with Crippen molar-refractivity contribution in [3.05, 3.63) is 53.2 Å². The van der Waals surface area contributed by atoms with Crippen LogP contribution in [0.5, 0.6) is 17.2 Å². The van der Waals surface area contributed by atoms with Gasteiger partial charge in [-0.15, -0.1) is 0 Å². The maximum atomic E-state index is 13.2. The number of fused-ring (bicyclic) bond motifs is 3. The maximum Gasteiger partial charge on any atom is 0.338 e. The Hall–Kier alpha value is -3.68. The summed E-state index contributed by atoms with van der Waals surface area (Å²) in [5.74, 6) is 0.647. The van der Waals surface area contributed by atoms with Crippen molar-refractivity contribution in [2.24, 2.45) is 0 Å². The molecule has 1 aliphatic heterocycles. The first kappa shape index (κ1) is 21.5. The van der Waals surface area contributed by atoms with Gasteiger partial charge < -0.3 is 24.6 Å².